The van der Waals surface area contributed by atoms with E-state index in [0.717, 1.165) is 70.9 Å². The van der Waals surface area contributed by atoms with Gasteiger partial charge >= 0.3 is 0 Å². The molecular formula is C17H31N5O. The molecule has 1 aromatic rings. The van der Waals surface area contributed by atoms with Gasteiger partial charge < -0.3 is 31.7 Å². The maximum Gasteiger partial charge on any atom is 0.118 e. The van der Waals surface area contributed by atoms with E-state index < -0.39 is 0 Å². The van der Waals surface area contributed by atoms with E-state index >= 15 is 0 Å². The third-order valence-electron chi connectivity index (χ3n) is 4.02. The average Bonchev–Trinajstić information content (AvgIpc) is 2.57. The molecular weight excluding hydrogens is 290 g/mol. The molecule has 23 heavy (non-hydrogen) atoms. The summed E-state index contributed by atoms with van der Waals surface area (Å²) in [5.41, 5.74) is 1.00. The first kappa shape index (κ1) is 18.2. The minimum atomic E-state index is 0.313. The molecule has 6 nitrogen and oxygen atoms in total. The summed E-state index contributed by atoms with van der Waals surface area (Å²) >= 11 is 0. The zero-order valence-electron chi connectivity index (χ0n) is 13.9. The number of benzene rings is 1. The molecule has 0 amide bonds. The predicted octanol–water partition coefficient (Wildman–Crippen LogP) is -0.735. The Bertz CT molecular complexity index is 413. The second-order valence-electron chi connectivity index (χ2n) is 5.94. The van der Waals surface area contributed by atoms with Crippen LogP contribution in [-0.2, 0) is 6.42 Å². The zero-order chi connectivity index (χ0) is 16.2. The first-order valence-electron chi connectivity index (χ1n) is 8.69. The molecule has 2 rings (SSSR count). The van der Waals surface area contributed by atoms with Crippen LogP contribution in [0.1, 0.15) is 5.56 Å². The van der Waals surface area contributed by atoms with Crippen LogP contribution >= 0.6 is 0 Å². The Morgan fingerprint density at radius 2 is 1.35 bits per heavy atom. The first-order valence-corrected chi connectivity index (χ1v) is 8.69. The van der Waals surface area contributed by atoms with E-state index in [4.69, 9.17) is 0 Å². The number of rotatable bonds is 2. The summed E-state index contributed by atoms with van der Waals surface area (Å²) in [6.45, 7) is 8.71. The number of aromatic hydroxyl groups is 1. The first-order chi connectivity index (χ1) is 11.4. The van der Waals surface area contributed by atoms with Gasteiger partial charge in [-0.3, -0.25) is 0 Å². The van der Waals surface area contributed by atoms with E-state index in [1.165, 1.54) is 0 Å². The molecule has 0 saturated carbocycles. The van der Waals surface area contributed by atoms with Crippen molar-refractivity contribution in [3.05, 3.63) is 29.8 Å². The van der Waals surface area contributed by atoms with E-state index in [2.05, 4.69) is 26.6 Å². The quantitative estimate of drug-likeness (QED) is 0.431. The summed E-state index contributed by atoms with van der Waals surface area (Å²) in [4.78, 5) is 0. The van der Waals surface area contributed by atoms with Crippen molar-refractivity contribution >= 4 is 0 Å². The van der Waals surface area contributed by atoms with Crippen LogP contribution < -0.4 is 26.6 Å². The number of hydrogen-bond donors (Lipinski definition) is 6. The number of nitrogens with one attached hydrogen (secondary N) is 5. The van der Waals surface area contributed by atoms with Gasteiger partial charge in [-0.25, -0.2) is 0 Å². The molecule has 0 spiro atoms. The van der Waals surface area contributed by atoms with Gasteiger partial charge in [0.2, 0.25) is 0 Å². The predicted molar refractivity (Wildman–Crippen MR) is 95.1 cm³/mol. The van der Waals surface area contributed by atoms with Crippen LogP contribution in [0.2, 0.25) is 0 Å². The molecule has 0 aromatic heterocycles. The molecule has 0 bridgehead atoms. The van der Waals surface area contributed by atoms with Crippen molar-refractivity contribution in [3.8, 4) is 5.75 Å². The SMILES string of the molecule is Oc1ccccc1CC1CNCCNCCNCCNCCN1. The molecule has 1 unspecified atom stereocenters. The minimum Gasteiger partial charge on any atom is -0.508 e. The maximum atomic E-state index is 9.97. The molecule has 0 aliphatic carbocycles. The van der Waals surface area contributed by atoms with Crippen molar-refractivity contribution in [1.29, 1.82) is 0 Å². The summed E-state index contributed by atoms with van der Waals surface area (Å²) < 4.78 is 0. The van der Waals surface area contributed by atoms with Crippen LogP contribution in [0, 0.1) is 0 Å². The Morgan fingerprint density at radius 3 is 2.00 bits per heavy atom. The summed E-state index contributed by atoms with van der Waals surface area (Å²) in [7, 11) is 0. The van der Waals surface area contributed by atoms with E-state index in [1.807, 2.05) is 18.2 Å². The smallest absolute Gasteiger partial charge is 0.118 e. The standard InChI is InChI=1S/C17H31N5O/c23-17-4-2-1-3-15(17)13-16-14-21-10-9-19-6-5-18-7-8-20-11-12-22-16/h1-4,16,18-23H,5-14H2. The van der Waals surface area contributed by atoms with Crippen LogP contribution in [0.5, 0.6) is 5.75 Å². The minimum absolute atomic E-state index is 0.313. The Labute approximate surface area is 139 Å². The van der Waals surface area contributed by atoms with Crippen LogP contribution in [0.4, 0.5) is 0 Å². The van der Waals surface area contributed by atoms with E-state index in [-0.39, 0.29) is 0 Å². The number of phenolic OH excluding ortho intramolecular Hbond substituents is 1. The van der Waals surface area contributed by atoms with Crippen LogP contribution in [-0.4, -0.2) is 70.1 Å². The van der Waals surface area contributed by atoms with Gasteiger partial charge in [0.1, 0.15) is 5.75 Å². The summed E-state index contributed by atoms with van der Waals surface area (Å²) in [6, 6.07) is 7.91. The van der Waals surface area contributed by atoms with E-state index in [1.54, 1.807) is 6.07 Å². The Balaban J connectivity index is 1.83. The van der Waals surface area contributed by atoms with Gasteiger partial charge in [0.15, 0.2) is 0 Å². The Kier molecular flexibility index (Phi) is 8.98. The van der Waals surface area contributed by atoms with Crippen molar-refractivity contribution in [3.63, 3.8) is 0 Å². The largest absolute Gasteiger partial charge is 0.508 e. The molecule has 1 atom stereocenters. The molecule has 1 fully saturated rings. The lowest BCUT2D eigenvalue weighted by Crippen LogP contribution is -2.44. The van der Waals surface area contributed by atoms with E-state index in [0.29, 0.717) is 11.8 Å². The van der Waals surface area contributed by atoms with Crippen molar-refractivity contribution in [2.24, 2.45) is 0 Å². The third kappa shape index (κ3) is 7.76. The third-order valence-corrected chi connectivity index (χ3v) is 4.02. The lowest BCUT2D eigenvalue weighted by molar-refractivity contribution is 0.440. The van der Waals surface area contributed by atoms with Gasteiger partial charge in [-0.05, 0) is 18.1 Å². The lowest BCUT2D eigenvalue weighted by Gasteiger charge is -2.20. The Morgan fingerprint density at radius 1 is 0.783 bits per heavy atom. The molecule has 1 aliphatic heterocycles. The van der Waals surface area contributed by atoms with Crippen LogP contribution in [0.3, 0.4) is 0 Å². The van der Waals surface area contributed by atoms with Crippen LogP contribution in [0.25, 0.3) is 0 Å². The maximum absolute atomic E-state index is 9.97. The van der Waals surface area contributed by atoms with Crippen molar-refractivity contribution in [2.75, 3.05) is 58.9 Å². The van der Waals surface area contributed by atoms with Crippen molar-refractivity contribution in [1.82, 2.24) is 26.6 Å². The fraction of sp³-hybridized carbons (Fsp3) is 0.647. The summed E-state index contributed by atoms with van der Waals surface area (Å²) in [6.07, 6.45) is 0.828. The highest BCUT2D eigenvalue weighted by atomic mass is 16.3. The number of phenols is 1. The number of hydrogen-bond acceptors (Lipinski definition) is 6. The van der Waals surface area contributed by atoms with Crippen molar-refractivity contribution < 1.29 is 5.11 Å². The second-order valence-corrected chi connectivity index (χ2v) is 5.94. The fourth-order valence-electron chi connectivity index (χ4n) is 2.71. The van der Waals surface area contributed by atoms with Gasteiger partial charge in [0.05, 0.1) is 0 Å². The molecule has 6 heteroatoms. The molecule has 0 radical (unpaired) electrons. The lowest BCUT2D eigenvalue weighted by atomic mass is 10.0. The average molecular weight is 321 g/mol. The summed E-state index contributed by atoms with van der Waals surface area (Å²) in [5, 5.41) is 27.3. The molecule has 1 heterocycles. The van der Waals surface area contributed by atoms with Crippen molar-refractivity contribution in [2.45, 2.75) is 12.5 Å². The molecule has 130 valence electrons. The molecule has 1 aliphatic rings. The highest BCUT2D eigenvalue weighted by Gasteiger charge is 2.11. The number of para-hydroxylation sites is 1. The molecule has 1 aromatic carbocycles. The fourth-order valence-corrected chi connectivity index (χ4v) is 2.71. The zero-order valence-corrected chi connectivity index (χ0v) is 13.9. The second kappa shape index (κ2) is 11.4. The van der Waals surface area contributed by atoms with E-state index in [9.17, 15) is 5.11 Å². The topological polar surface area (TPSA) is 80.4 Å². The van der Waals surface area contributed by atoms with Gasteiger partial charge in [-0.1, -0.05) is 18.2 Å². The van der Waals surface area contributed by atoms with Gasteiger partial charge in [0.25, 0.3) is 0 Å². The molecule has 1 saturated heterocycles. The molecule has 6 N–H and O–H groups in total. The van der Waals surface area contributed by atoms with Gasteiger partial charge in [0, 0.05) is 64.9 Å². The highest BCUT2D eigenvalue weighted by Crippen LogP contribution is 2.17. The normalized spacial score (nSPS) is 22.9. The van der Waals surface area contributed by atoms with Gasteiger partial charge in [-0.15, -0.1) is 0 Å². The van der Waals surface area contributed by atoms with Gasteiger partial charge in [-0.2, -0.15) is 0 Å². The van der Waals surface area contributed by atoms with Crippen LogP contribution in [0.15, 0.2) is 24.3 Å². The Hall–Kier alpha value is -1.18. The summed E-state index contributed by atoms with van der Waals surface area (Å²) in [5.74, 6) is 0.385. The highest BCUT2D eigenvalue weighted by molar-refractivity contribution is 5.32. The monoisotopic (exact) mass is 321 g/mol.